The fraction of sp³-hybridized carbons (Fsp3) is 0.682. The van der Waals surface area contributed by atoms with Crippen LogP contribution in [0.4, 0.5) is 5.69 Å². The van der Waals surface area contributed by atoms with Crippen molar-refractivity contribution in [3.05, 3.63) is 29.8 Å². The first-order valence-corrected chi connectivity index (χ1v) is 10.7. The van der Waals surface area contributed by atoms with Crippen LogP contribution in [-0.4, -0.2) is 61.7 Å². The van der Waals surface area contributed by atoms with Crippen molar-refractivity contribution in [2.45, 2.75) is 65.1 Å². The molecule has 2 aliphatic heterocycles. The van der Waals surface area contributed by atoms with Crippen molar-refractivity contribution < 1.29 is 0 Å². The molecule has 0 bridgehead atoms. The minimum Gasteiger partial charge on any atom is -0.366 e. The lowest BCUT2D eigenvalue weighted by molar-refractivity contribution is 0.167. The molecule has 0 radical (unpaired) electrons. The number of guanidine groups is 1. The molecular formula is C22H37N5. The molecule has 0 aromatic heterocycles. The number of fused-ring (bicyclic) bond motifs is 1. The van der Waals surface area contributed by atoms with E-state index in [0.717, 1.165) is 32.0 Å². The van der Waals surface area contributed by atoms with E-state index in [1.807, 2.05) is 0 Å². The first-order chi connectivity index (χ1) is 13.1. The summed E-state index contributed by atoms with van der Waals surface area (Å²) in [6, 6.07) is 10.4. The Labute approximate surface area is 165 Å². The van der Waals surface area contributed by atoms with Gasteiger partial charge >= 0.3 is 0 Å². The number of piperidine rings is 1. The summed E-state index contributed by atoms with van der Waals surface area (Å²) in [6.07, 6.45) is 3.53. The summed E-state index contributed by atoms with van der Waals surface area (Å²) < 4.78 is 0. The summed E-state index contributed by atoms with van der Waals surface area (Å²) >= 11 is 0. The molecule has 3 rings (SSSR count). The quantitative estimate of drug-likeness (QED) is 0.596. The van der Waals surface area contributed by atoms with Gasteiger partial charge in [-0.3, -0.25) is 4.99 Å². The highest BCUT2D eigenvalue weighted by atomic mass is 15.2. The van der Waals surface area contributed by atoms with E-state index in [1.54, 1.807) is 0 Å². The van der Waals surface area contributed by atoms with Gasteiger partial charge in [-0.2, -0.15) is 0 Å². The Balaban J connectivity index is 1.55. The molecule has 2 heterocycles. The van der Waals surface area contributed by atoms with Crippen LogP contribution < -0.4 is 15.5 Å². The summed E-state index contributed by atoms with van der Waals surface area (Å²) in [6.45, 7) is 14.2. The Bertz CT molecular complexity index is 619. The van der Waals surface area contributed by atoms with Crippen molar-refractivity contribution in [3.8, 4) is 0 Å². The number of nitrogens with one attached hydrogen (secondary N) is 2. The Hall–Kier alpha value is -1.75. The van der Waals surface area contributed by atoms with Gasteiger partial charge in [0.2, 0.25) is 0 Å². The summed E-state index contributed by atoms with van der Waals surface area (Å²) in [4.78, 5) is 9.99. The van der Waals surface area contributed by atoms with Crippen LogP contribution in [0.3, 0.4) is 0 Å². The molecule has 1 saturated heterocycles. The van der Waals surface area contributed by atoms with Crippen LogP contribution in [0.1, 0.15) is 46.1 Å². The standard InChI is InChI=1S/C22H37N5/c1-5-23-22(25-20-11-13-26(14-12-20)17(2)3)24-16-18(4)27-15-10-19-8-6-7-9-21(19)27/h6-9,17-18,20H,5,10-16H2,1-4H3,(H2,23,24,25). The molecule has 1 aromatic carbocycles. The fourth-order valence-corrected chi connectivity index (χ4v) is 4.22. The second-order valence-corrected chi connectivity index (χ2v) is 8.19. The molecule has 5 nitrogen and oxygen atoms in total. The third-order valence-electron chi connectivity index (χ3n) is 5.91. The van der Waals surface area contributed by atoms with Gasteiger partial charge in [0, 0.05) is 50.0 Å². The van der Waals surface area contributed by atoms with E-state index in [1.165, 1.54) is 37.2 Å². The maximum atomic E-state index is 4.92. The molecular weight excluding hydrogens is 334 g/mol. The van der Waals surface area contributed by atoms with Crippen LogP contribution in [0.15, 0.2) is 29.3 Å². The Morgan fingerprint density at radius 3 is 2.59 bits per heavy atom. The minimum absolute atomic E-state index is 0.409. The van der Waals surface area contributed by atoms with E-state index >= 15 is 0 Å². The van der Waals surface area contributed by atoms with Crippen LogP contribution in [-0.2, 0) is 6.42 Å². The number of benzene rings is 1. The highest BCUT2D eigenvalue weighted by molar-refractivity contribution is 5.80. The molecule has 5 heteroatoms. The molecule has 2 aliphatic rings. The number of anilines is 1. The second kappa shape index (κ2) is 9.45. The third-order valence-corrected chi connectivity index (χ3v) is 5.91. The van der Waals surface area contributed by atoms with Crippen molar-refractivity contribution in [2.24, 2.45) is 4.99 Å². The van der Waals surface area contributed by atoms with Crippen molar-refractivity contribution in [3.63, 3.8) is 0 Å². The number of hydrogen-bond acceptors (Lipinski definition) is 3. The van der Waals surface area contributed by atoms with Gasteiger partial charge in [-0.25, -0.2) is 0 Å². The van der Waals surface area contributed by atoms with E-state index < -0.39 is 0 Å². The van der Waals surface area contributed by atoms with Crippen LogP contribution in [0.5, 0.6) is 0 Å². The monoisotopic (exact) mass is 371 g/mol. The first kappa shape index (κ1) is 20.0. The van der Waals surface area contributed by atoms with Crippen molar-refractivity contribution in [2.75, 3.05) is 37.6 Å². The van der Waals surface area contributed by atoms with Gasteiger partial charge in [0.25, 0.3) is 0 Å². The predicted octanol–water partition coefficient (Wildman–Crippen LogP) is 2.87. The van der Waals surface area contributed by atoms with E-state index in [-0.39, 0.29) is 0 Å². The third kappa shape index (κ3) is 5.16. The summed E-state index contributed by atoms with van der Waals surface area (Å²) in [5.41, 5.74) is 2.86. The minimum atomic E-state index is 0.409. The van der Waals surface area contributed by atoms with E-state index in [2.05, 4.69) is 72.4 Å². The van der Waals surface area contributed by atoms with Gasteiger partial charge in [0.15, 0.2) is 5.96 Å². The van der Waals surface area contributed by atoms with Gasteiger partial charge in [-0.05, 0) is 58.6 Å². The Kier molecular flexibility index (Phi) is 7.00. The maximum absolute atomic E-state index is 4.92. The van der Waals surface area contributed by atoms with Crippen molar-refractivity contribution in [1.29, 1.82) is 0 Å². The number of nitrogens with zero attached hydrogens (tertiary/aromatic N) is 3. The lowest BCUT2D eigenvalue weighted by Crippen LogP contribution is -2.50. The zero-order valence-electron chi connectivity index (χ0n) is 17.5. The molecule has 150 valence electrons. The summed E-state index contributed by atoms with van der Waals surface area (Å²) in [5, 5.41) is 7.11. The second-order valence-electron chi connectivity index (χ2n) is 8.19. The maximum Gasteiger partial charge on any atom is 0.191 e. The predicted molar refractivity (Wildman–Crippen MR) is 116 cm³/mol. The molecule has 1 unspecified atom stereocenters. The molecule has 0 amide bonds. The molecule has 1 atom stereocenters. The van der Waals surface area contributed by atoms with Crippen LogP contribution in [0, 0.1) is 0 Å². The van der Waals surface area contributed by atoms with Crippen molar-refractivity contribution in [1.82, 2.24) is 15.5 Å². The normalized spacial score (nSPS) is 20.0. The highest BCUT2D eigenvalue weighted by Crippen LogP contribution is 2.29. The van der Waals surface area contributed by atoms with Crippen LogP contribution >= 0.6 is 0 Å². The smallest absolute Gasteiger partial charge is 0.191 e. The molecule has 0 aliphatic carbocycles. The largest absolute Gasteiger partial charge is 0.366 e. The molecule has 0 spiro atoms. The molecule has 2 N–H and O–H groups in total. The van der Waals surface area contributed by atoms with Crippen LogP contribution in [0.25, 0.3) is 0 Å². The van der Waals surface area contributed by atoms with Gasteiger partial charge < -0.3 is 20.4 Å². The Morgan fingerprint density at radius 1 is 1.15 bits per heavy atom. The van der Waals surface area contributed by atoms with E-state index in [0.29, 0.717) is 18.1 Å². The van der Waals surface area contributed by atoms with Crippen molar-refractivity contribution >= 4 is 11.6 Å². The number of para-hydroxylation sites is 1. The molecule has 1 aromatic rings. The van der Waals surface area contributed by atoms with E-state index in [9.17, 15) is 0 Å². The van der Waals surface area contributed by atoms with Crippen LogP contribution in [0.2, 0.25) is 0 Å². The zero-order valence-corrected chi connectivity index (χ0v) is 17.5. The number of aliphatic imine (C=N–C) groups is 1. The average molecular weight is 372 g/mol. The Morgan fingerprint density at radius 2 is 1.89 bits per heavy atom. The molecule has 0 saturated carbocycles. The molecule has 1 fully saturated rings. The van der Waals surface area contributed by atoms with Gasteiger partial charge in [-0.1, -0.05) is 18.2 Å². The van der Waals surface area contributed by atoms with Gasteiger partial charge in [-0.15, -0.1) is 0 Å². The summed E-state index contributed by atoms with van der Waals surface area (Å²) in [7, 11) is 0. The lowest BCUT2D eigenvalue weighted by atomic mass is 10.0. The fourth-order valence-electron chi connectivity index (χ4n) is 4.22. The lowest BCUT2D eigenvalue weighted by Gasteiger charge is -2.35. The molecule has 27 heavy (non-hydrogen) atoms. The number of rotatable bonds is 6. The van der Waals surface area contributed by atoms with E-state index in [4.69, 9.17) is 4.99 Å². The number of hydrogen-bond donors (Lipinski definition) is 2. The number of likely N-dealkylation sites (tertiary alicyclic amines) is 1. The first-order valence-electron chi connectivity index (χ1n) is 10.7. The van der Waals surface area contributed by atoms with Gasteiger partial charge in [0.05, 0.1) is 6.54 Å². The SMILES string of the molecule is CCNC(=NCC(C)N1CCc2ccccc21)NC1CCN(C(C)C)CC1. The zero-order chi connectivity index (χ0) is 19.2. The summed E-state index contributed by atoms with van der Waals surface area (Å²) in [5.74, 6) is 0.972. The van der Waals surface area contributed by atoms with Gasteiger partial charge in [0.1, 0.15) is 0 Å². The topological polar surface area (TPSA) is 42.9 Å². The average Bonchev–Trinajstić information content (AvgIpc) is 3.11. The highest BCUT2D eigenvalue weighted by Gasteiger charge is 2.24.